The Balaban J connectivity index is 2.72. The molecular weight excluding hydrogens is 180 g/mol. The van der Waals surface area contributed by atoms with Crippen LogP contribution >= 0.6 is 0 Å². The van der Waals surface area contributed by atoms with E-state index in [1.54, 1.807) is 44.2 Å². The predicted octanol–water partition coefficient (Wildman–Crippen LogP) is 1.82. The summed E-state index contributed by atoms with van der Waals surface area (Å²) in [5.41, 5.74) is 0.359. The molecule has 0 radical (unpaired) electrons. The van der Waals surface area contributed by atoms with Crippen LogP contribution in [-0.4, -0.2) is 17.9 Å². The molecule has 1 rings (SSSR count). The van der Waals surface area contributed by atoms with E-state index < -0.39 is 11.8 Å². The van der Waals surface area contributed by atoms with Crippen LogP contribution in [0.5, 0.6) is 0 Å². The Morgan fingerprint density at radius 2 is 1.71 bits per heavy atom. The summed E-state index contributed by atoms with van der Waals surface area (Å²) >= 11 is 0. The molecule has 1 aromatic carbocycles. The summed E-state index contributed by atoms with van der Waals surface area (Å²) in [5.74, 6) is -1.40. The van der Waals surface area contributed by atoms with Gasteiger partial charge in [-0.15, -0.1) is 0 Å². The number of carbonyl (C=O) groups excluding carboxylic acids is 2. The molecule has 0 saturated heterocycles. The largest absolute Gasteiger partial charge is 0.457 e. The normalized spacial score (nSPS) is 9.93. The minimum atomic E-state index is -0.800. The quantitative estimate of drug-likeness (QED) is 0.417. The average Bonchev–Trinajstić information content (AvgIpc) is 2.17. The highest BCUT2D eigenvalue weighted by atomic mass is 16.5. The minimum Gasteiger partial charge on any atom is -0.457 e. The fraction of sp³-hybridized carbons (Fsp3) is 0.273. The van der Waals surface area contributed by atoms with E-state index in [0.717, 1.165) is 0 Å². The van der Waals surface area contributed by atoms with Gasteiger partial charge in [0, 0.05) is 5.56 Å². The molecule has 1 aromatic rings. The van der Waals surface area contributed by atoms with E-state index in [1.165, 1.54) is 0 Å². The number of esters is 1. The zero-order chi connectivity index (χ0) is 10.6. The smallest absolute Gasteiger partial charge is 0.379 e. The molecule has 3 nitrogen and oxygen atoms in total. The molecule has 0 saturated carbocycles. The van der Waals surface area contributed by atoms with Gasteiger partial charge in [0.1, 0.15) is 0 Å². The first-order chi connectivity index (χ1) is 6.61. The van der Waals surface area contributed by atoms with E-state index in [4.69, 9.17) is 4.74 Å². The summed E-state index contributed by atoms with van der Waals surface area (Å²) < 4.78 is 4.78. The van der Waals surface area contributed by atoms with Crippen LogP contribution in [0.25, 0.3) is 0 Å². The fourth-order valence-corrected chi connectivity index (χ4v) is 0.975. The van der Waals surface area contributed by atoms with Crippen LogP contribution in [0.4, 0.5) is 0 Å². The van der Waals surface area contributed by atoms with Crippen LogP contribution in [0.1, 0.15) is 24.2 Å². The molecule has 3 heteroatoms. The van der Waals surface area contributed by atoms with Gasteiger partial charge in [-0.25, -0.2) is 4.79 Å². The number of hydrogen-bond donors (Lipinski definition) is 0. The van der Waals surface area contributed by atoms with Gasteiger partial charge >= 0.3 is 5.97 Å². The summed E-state index contributed by atoms with van der Waals surface area (Å²) in [7, 11) is 0. The Labute approximate surface area is 82.7 Å². The van der Waals surface area contributed by atoms with E-state index in [-0.39, 0.29) is 6.10 Å². The highest BCUT2D eigenvalue weighted by Gasteiger charge is 2.18. The van der Waals surface area contributed by atoms with Gasteiger partial charge in [0.15, 0.2) is 0 Å². The molecule has 74 valence electrons. The standard InChI is InChI=1S/C11H12O3/c1-8(2)14-11(13)10(12)9-6-4-3-5-7-9/h3-8H,1-2H3. The number of hydrogen-bond acceptors (Lipinski definition) is 3. The summed E-state index contributed by atoms with van der Waals surface area (Å²) in [5, 5.41) is 0. The van der Waals surface area contributed by atoms with Gasteiger partial charge in [0.05, 0.1) is 6.10 Å². The Kier molecular flexibility index (Phi) is 3.40. The molecule has 0 fully saturated rings. The zero-order valence-corrected chi connectivity index (χ0v) is 8.19. The SMILES string of the molecule is CC(C)OC(=O)C(=O)c1ccccc1. The lowest BCUT2D eigenvalue weighted by Gasteiger charge is -2.06. The highest BCUT2D eigenvalue weighted by molar-refractivity contribution is 6.40. The first kappa shape index (κ1) is 10.4. The first-order valence-corrected chi connectivity index (χ1v) is 4.41. The Morgan fingerprint density at radius 1 is 1.14 bits per heavy atom. The second-order valence-electron chi connectivity index (χ2n) is 3.15. The number of carbonyl (C=O) groups is 2. The van der Waals surface area contributed by atoms with Crippen molar-refractivity contribution in [2.24, 2.45) is 0 Å². The molecule has 0 aliphatic rings. The van der Waals surface area contributed by atoms with Crippen LogP contribution in [0.15, 0.2) is 30.3 Å². The van der Waals surface area contributed by atoms with Gasteiger partial charge in [0.25, 0.3) is 5.78 Å². The summed E-state index contributed by atoms with van der Waals surface area (Å²) in [6, 6.07) is 8.37. The molecule has 0 atom stereocenters. The second-order valence-corrected chi connectivity index (χ2v) is 3.15. The van der Waals surface area contributed by atoms with Crippen LogP contribution in [0.2, 0.25) is 0 Å². The predicted molar refractivity (Wildman–Crippen MR) is 52.0 cm³/mol. The van der Waals surface area contributed by atoms with Crippen LogP contribution in [0, 0.1) is 0 Å². The average molecular weight is 192 g/mol. The molecule has 0 amide bonds. The lowest BCUT2D eigenvalue weighted by molar-refractivity contribution is -0.141. The maximum atomic E-state index is 11.4. The summed E-state index contributed by atoms with van der Waals surface area (Å²) in [6.45, 7) is 3.41. The molecule has 0 heterocycles. The molecule has 0 bridgehead atoms. The third kappa shape index (κ3) is 2.69. The summed E-state index contributed by atoms with van der Waals surface area (Å²) in [4.78, 5) is 22.6. The van der Waals surface area contributed by atoms with Crippen molar-refractivity contribution in [2.45, 2.75) is 20.0 Å². The van der Waals surface area contributed by atoms with Gasteiger partial charge in [-0.2, -0.15) is 0 Å². The summed E-state index contributed by atoms with van der Waals surface area (Å²) in [6.07, 6.45) is -0.268. The third-order valence-electron chi connectivity index (χ3n) is 1.56. The number of ether oxygens (including phenoxy) is 1. The van der Waals surface area contributed by atoms with Crippen molar-refractivity contribution in [1.29, 1.82) is 0 Å². The first-order valence-electron chi connectivity index (χ1n) is 4.41. The topological polar surface area (TPSA) is 43.4 Å². The molecule has 0 spiro atoms. The van der Waals surface area contributed by atoms with Crippen molar-refractivity contribution in [3.05, 3.63) is 35.9 Å². The van der Waals surface area contributed by atoms with Gasteiger partial charge in [-0.1, -0.05) is 30.3 Å². The van der Waals surface area contributed by atoms with Crippen LogP contribution in [-0.2, 0) is 9.53 Å². The van der Waals surface area contributed by atoms with Gasteiger partial charge in [-0.3, -0.25) is 4.79 Å². The van der Waals surface area contributed by atoms with Crippen LogP contribution in [0.3, 0.4) is 0 Å². The minimum absolute atomic E-state index is 0.268. The highest BCUT2D eigenvalue weighted by Crippen LogP contribution is 2.02. The van der Waals surface area contributed by atoms with Gasteiger partial charge < -0.3 is 4.74 Å². The lowest BCUT2D eigenvalue weighted by Crippen LogP contribution is -2.21. The Bertz CT molecular complexity index is 328. The van der Waals surface area contributed by atoms with Crippen molar-refractivity contribution >= 4 is 11.8 Å². The fourth-order valence-electron chi connectivity index (χ4n) is 0.975. The molecule has 14 heavy (non-hydrogen) atoms. The number of ketones is 1. The van der Waals surface area contributed by atoms with E-state index in [1.807, 2.05) is 0 Å². The number of rotatable bonds is 3. The molecule has 0 unspecified atom stereocenters. The number of benzene rings is 1. The van der Waals surface area contributed by atoms with Crippen molar-refractivity contribution in [3.63, 3.8) is 0 Å². The Hall–Kier alpha value is -1.64. The van der Waals surface area contributed by atoms with Crippen molar-refractivity contribution in [2.75, 3.05) is 0 Å². The third-order valence-corrected chi connectivity index (χ3v) is 1.56. The number of Topliss-reactive ketones (excluding diaryl/α,β-unsaturated/α-hetero) is 1. The Morgan fingerprint density at radius 3 is 2.21 bits per heavy atom. The van der Waals surface area contributed by atoms with E-state index in [2.05, 4.69) is 0 Å². The van der Waals surface area contributed by atoms with E-state index in [9.17, 15) is 9.59 Å². The maximum Gasteiger partial charge on any atom is 0.379 e. The molecule has 0 aromatic heterocycles. The molecule has 0 aliphatic heterocycles. The van der Waals surface area contributed by atoms with Crippen LogP contribution < -0.4 is 0 Å². The van der Waals surface area contributed by atoms with Crippen molar-refractivity contribution in [3.8, 4) is 0 Å². The maximum absolute atomic E-state index is 11.4. The van der Waals surface area contributed by atoms with E-state index >= 15 is 0 Å². The van der Waals surface area contributed by atoms with Gasteiger partial charge in [0.2, 0.25) is 0 Å². The molecular formula is C11H12O3. The second kappa shape index (κ2) is 4.56. The van der Waals surface area contributed by atoms with E-state index in [0.29, 0.717) is 5.56 Å². The van der Waals surface area contributed by atoms with Gasteiger partial charge in [-0.05, 0) is 13.8 Å². The molecule has 0 N–H and O–H groups in total. The zero-order valence-electron chi connectivity index (χ0n) is 8.19. The lowest BCUT2D eigenvalue weighted by atomic mass is 10.1. The van der Waals surface area contributed by atoms with Crippen molar-refractivity contribution in [1.82, 2.24) is 0 Å². The van der Waals surface area contributed by atoms with Crippen molar-refractivity contribution < 1.29 is 14.3 Å². The molecule has 0 aliphatic carbocycles. The monoisotopic (exact) mass is 192 g/mol.